The van der Waals surface area contributed by atoms with Gasteiger partial charge < -0.3 is 9.26 Å². The van der Waals surface area contributed by atoms with Gasteiger partial charge in [-0.1, -0.05) is 22.8 Å². The van der Waals surface area contributed by atoms with Crippen LogP contribution in [0.5, 0.6) is 0 Å². The fourth-order valence-electron chi connectivity index (χ4n) is 2.40. The molecular weight excluding hydrogens is 297 g/mol. The number of aryl methyl sites for hydroxylation is 1. The zero-order valence-electron chi connectivity index (χ0n) is 11.6. The number of rotatable bonds is 3. The van der Waals surface area contributed by atoms with Gasteiger partial charge in [-0.25, -0.2) is 4.39 Å². The number of morpholine rings is 1. The summed E-state index contributed by atoms with van der Waals surface area (Å²) in [6.45, 7) is 3.80. The Bertz CT molecular complexity index is 614. The molecule has 0 unspecified atom stereocenters. The van der Waals surface area contributed by atoms with Gasteiger partial charge in [-0.3, -0.25) is 4.90 Å². The number of hydrogen-bond acceptors (Lipinski definition) is 5. The molecule has 21 heavy (non-hydrogen) atoms. The van der Waals surface area contributed by atoms with E-state index in [0.29, 0.717) is 48.6 Å². The van der Waals surface area contributed by atoms with Crippen LogP contribution in [0, 0.1) is 12.7 Å². The summed E-state index contributed by atoms with van der Waals surface area (Å²) in [5.74, 6) is 0.746. The lowest BCUT2D eigenvalue weighted by molar-refractivity contribution is -0.0170. The Balaban J connectivity index is 1.85. The molecule has 5 nitrogen and oxygen atoms in total. The van der Waals surface area contributed by atoms with Crippen LogP contribution in [0.4, 0.5) is 4.39 Å². The zero-order chi connectivity index (χ0) is 14.8. The summed E-state index contributed by atoms with van der Waals surface area (Å²) < 4.78 is 24.5. The number of halogens is 2. The summed E-state index contributed by atoms with van der Waals surface area (Å²) >= 11 is 6.10. The molecule has 0 amide bonds. The van der Waals surface area contributed by atoms with Crippen molar-refractivity contribution in [1.82, 2.24) is 15.0 Å². The average Bonchev–Trinajstić information content (AvgIpc) is 2.90. The van der Waals surface area contributed by atoms with E-state index in [2.05, 4.69) is 15.0 Å². The minimum Gasteiger partial charge on any atom is -0.378 e. The van der Waals surface area contributed by atoms with Crippen molar-refractivity contribution in [2.45, 2.75) is 19.5 Å². The number of hydrogen-bond donors (Lipinski definition) is 0. The van der Waals surface area contributed by atoms with Crippen LogP contribution < -0.4 is 0 Å². The predicted molar refractivity (Wildman–Crippen MR) is 74.4 cm³/mol. The number of nitrogens with zero attached hydrogens (tertiary/aromatic N) is 3. The van der Waals surface area contributed by atoms with Crippen molar-refractivity contribution < 1.29 is 13.7 Å². The molecule has 1 aromatic heterocycles. The van der Waals surface area contributed by atoms with Crippen LogP contribution in [0.2, 0.25) is 5.02 Å². The normalized spacial score (nSPS) is 19.9. The fourth-order valence-corrected chi connectivity index (χ4v) is 2.62. The molecule has 1 atom stereocenters. The van der Waals surface area contributed by atoms with E-state index < -0.39 is 0 Å². The van der Waals surface area contributed by atoms with Crippen molar-refractivity contribution >= 4 is 11.6 Å². The van der Waals surface area contributed by atoms with Gasteiger partial charge in [-0.15, -0.1) is 0 Å². The Kier molecular flexibility index (Phi) is 4.19. The van der Waals surface area contributed by atoms with Crippen molar-refractivity contribution in [2.24, 2.45) is 0 Å². The lowest BCUT2D eigenvalue weighted by Crippen LogP contribution is -2.39. The van der Waals surface area contributed by atoms with Crippen LogP contribution in [0.25, 0.3) is 0 Å². The summed E-state index contributed by atoms with van der Waals surface area (Å²) in [5, 5.41) is 4.36. The van der Waals surface area contributed by atoms with Crippen molar-refractivity contribution in [1.29, 1.82) is 0 Å². The molecule has 1 aliphatic rings. The lowest BCUT2D eigenvalue weighted by atomic mass is 10.1. The van der Waals surface area contributed by atoms with E-state index in [9.17, 15) is 4.39 Å². The second-order valence-electron chi connectivity index (χ2n) is 4.93. The van der Waals surface area contributed by atoms with Crippen LogP contribution in [0.1, 0.15) is 23.3 Å². The number of benzene rings is 1. The van der Waals surface area contributed by atoms with Gasteiger partial charge in [0.25, 0.3) is 0 Å². The number of aromatic nitrogens is 2. The molecule has 0 saturated carbocycles. The molecule has 0 N–H and O–H groups in total. The summed E-state index contributed by atoms with van der Waals surface area (Å²) in [5.41, 5.74) is 0.478. The predicted octanol–water partition coefficient (Wildman–Crippen LogP) is 2.74. The third kappa shape index (κ3) is 3.07. The van der Waals surface area contributed by atoms with Gasteiger partial charge in [-0.05, 0) is 12.1 Å². The van der Waals surface area contributed by atoms with Gasteiger partial charge in [-0.2, -0.15) is 4.98 Å². The quantitative estimate of drug-likeness (QED) is 0.872. The van der Waals surface area contributed by atoms with E-state index in [1.807, 2.05) is 0 Å². The van der Waals surface area contributed by atoms with Crippen molar-refractivity contribution in [3.63, 3.8) is 0 Å². The minimum absolute atomic E-state index is 0.160. The molecule has 2 aromatic rings. The topological polar surface area (TPSA) is 51.4 Å². The van der Waals surface area contributed by atoms with Gasteiger partial charge in [0.1, 0.15) is 5.82 Å². The maximum absolute atomic E-state index is 13.9. The minimum atomic E-state index is -0.308. The van der Waals surface area contributed by atoms with Gasteiger partial charge >= 0.3 is 0 Å². The molecule has 7 heteroatoms. The van der Waals surface area contributed by atoms with E-state index in [1.165, 1.54) is 6.07 Å². The Morgan fingerprint density at radius 2 is 2.33 bits per heavy atom. The SMILES string of the molecule is Cc1nc([C@@H]2COCCN2Cc2c(F)cccc2Cl)no1. The van der Waals surface area contributed by atoms with E-state index in [0.717, 1.165) is 0 Å². The van der Waals surface area contributed by atoms with Gasteiger partial charge in [0.05, 0.1) is 19.3 Å². The maximum atomic E-state index is 13.9. The first-order valence-corrected chi connectivity index (χ1v) is 7.08. The van der Waals surface area contributed by atoms with Crippen LogP contribution in [-0.2, 0) is 11.3 Å². The molecule has 0 bridgehead atoms. The third-order valence-electron chi connectivity index (χ3n) is 3.50. The molecule has 1 fully saturated rings. The second-order valence-corrected chi connectivity index (χ2v) is 5.34. The maximum Gasteiger partial charge on any atom is 0.223 e. The number of ether oxygens (including phenoxy) is 1. The molecule has 0 spiro atoms. The van der Waals surface area contributed by atoms with E-state index >= 15 is 0 Å². The fraction of sp³-hybridized carbons (Fsp3) is 0.429. The van der Waals surface area contributed by atoms with Crippen LogP contribution >= 0.6 is 11.6 Å². The van der Waals surface area contributed by atoms with Crippen LogP contribution in [-0.4, -0.2) is 34.8 Å². The largest absolute Gasteiger partial charge is 0.378 e. The first kappa shape index (κ1) is 14.4. The van der Waals surface area contributed by atoms with E-state index in [1.54, 1.807) is 19.1 Å². The standard InChI is InChI=1S/C14H15ClFN3O2/c1-9-17-14(18-21-9)13-8-20-6-5-19(13)7-10-11(15)3-2-4-12(10)16/h2-4,13H,5-8H2,1H3/t13-/m0/s1. The highest BCUT2D eigenvalue weighted by atomic mass is 35.5. The smallest absolute Gasteiger partial charge is 0.223 e. The molecule has 1 saturated heterocycles. The van der Waals surface area contributed by atoms with Crippen LogP contribution in [0.3, 0.4) is 0 Å². The molecule has 0 radical (unpaired) electrons. The summed E-state index contributed by atoms with van der Waals surface area (Å²) in [6.07, 6.45) is 0. The third-order valence-corrected chi connectivity index (χ3v) is 3.86. The van der Waals surface area contributed by atoms with Crippen LogP contribution in [0.15, 0.2) is 22.7 Å². The molecule has 1 aliphatic heterocycles. The van der Waals surface area contributed by atoms with Crippen molar-refractivity contribution in [3.8, 4) is 0 Å². The Morgan fingerprint density at radius 3 is 3.05 bits per heavy atom. The van der Waals surface area contributed by atoms with Gasteiger partial charge in [0.15, 0.2) is 5.82 Å². The van der Waals surface area contributed by atoms with Gasteiger partial charge in [0, 0.05) is 30.6 Å². The monoisotopic (exact) mass is 311 g/mol. The van der Waals surface area contributed by atoms with Gasteiger partial charge in [0.2, 0.25) is 5.89 Å². The highest BCUT2D eigenvalue weighted by Gasteiger charge is 2.29. The Labute approximate surface area is 126 Å². The highest BCUT2D eigenvalue weighted by molar-refractivity contribution is 6.31. The Hall–Kier alpha value is -1.50. The molecule has 3 rings (SSSR count). The van der Waals surface area contributed by atoms with Crippen molar-refractivity contribution in [2.75, 3.05) is 19.8 Å². The van der Waals surface area contributed by atoms with E-state index in [-0.39, 0.29) is 11.9 Å². The molecule has 2 heterocycles. The summed E-state index contributed by atoms with van der Waals surface area (Å²) in [7, 11) is 0. The zero-order valence-corrected chi connectivity index (χ0v) is 12.3. The lowest BCUT2D eigenvalue weighted by Gasteiger charge is -2.33. The highest BCUT2D eigenvalue weighted by Crippen LogP contribution is 2.27. The molecule has 0 aliphatic carbocycles. The summed E-state index contributed by atoms with van der Waals surface area (Å²) in [6, 6.07) is 4.54. The second kappa shape index (κ2) is 6.09. The Morgan fingerprint density at radius 1 is 1.48 bits per heavy atom. The van der Waals surface area contributed by atoms with Crippen molar-refractivity contribution in [3.05, 3.63) is 46.3 Å². The first-order valence-electron chi connectivity index (χ1n) is 6.70. The average molecular weight is 312 g/mol. The molecule has 1 aromatic carbocycles. The first-order chi connectivity index (χ1) is 10.1. The summed E-state index contributed by atoms with van der Waals surface area (Å²) in [4.78, 5) is 6.30. The molecular formula is C14H15ClFN3O2. The van der Waals surface area contributed by atoms with E-state index in [4.69, 9.17) is 20.9 Å². The molecule has 112 valence electrons.